The molecule has 4 aromatic carbocycles. The molecule has 0 aliphatic heterocycles. The predicted molar refractivity (Wildman–Crippen MR) is 163 cm³/mol. The summed E-state index contributed by atoms with van der Waals surface area (Å²) in [6, 6.07) is 46.6. The third kappa shape index (κ3) is 5.20. The number of rotatable bonds is 7. The Morgan fingerprint density at radius 1 is 0.600 bits per heavy atom. The highest BCUT2D eigenvalue weighted by Gasteiger charge is 2.16. The van der Waals surface area contributed by atoms with Crippen molar-refractivity contribution >= 4 is 17.2 Å². The summed E-state index contributed by atoms with van der Waals surface area (Å²) in [7, 11) is 0. The Bertz CT molecular complexity index is 1680. The van der Waals surface area contributed by atoms with Gasteiger partial charge < -0.3 is 5.11 Å². The van der Waals surface area contributed by atoms with E-state index in [1.165, 1.54) is 5.56 Å². The Kier molecular flexibility index (Phi) is 7.06. The highest BCUT2D eigenvalue weighted by Crippen LogP contribution is 2.37. The summed E-state index contributed by atoms with van der Waals surface area (Å²) in [5.41, 5.74) is 7.52. The van der Waals surface area contributed by atoms with Gasteiger partial charge in [0.2, 0.25) is 0 Å². The fourth-order valence-electron chi connectivity index (χ4n) is 5.00. The molecule has 2 aromatic heterocycles. The fourth-order valence-corrected chi connectivity index (χ4v) is 5.00. The summed E-state index contributed by atoms with van der Waals surface area (Å²) in [4.78, 5) is 11.7. The van der Waals surface area contributed by atoms with Crippen LogP contribution in [-0.4, -0.2) is 15.1 Å². The number of pyridine rings is 2. The van der Waals surface area contributed by atoms with Crippen molar-refractivity contribution in [3.8, 4) is 28.3 Å². The minimum Gasteiger partial charge on any atom is -0.507 e. The molecule has 0 spiro atoms. The van der Waals surface area contributed by atoms with Crippen molar-refractivity contribution < 1.29 is 5.11 Å². The number of benzene rings is 4. The highest BCUT2D eigenvalue weighted by molar-refractivity contribution is 5.78. The number of anilines is 3. The Hall–Kier alpha value is -5.22. The smallest absolute Gasteiger partial charge is 0.137 e. The van der Waals surface area contributed by atoms with E-state index in [2.05, 4.69) is 65.3 Å². The average Bonchev–Trinajstić information content (AvgIpc) is 3.02. The molecule has 4 nitrogen and oxygen atoms in total. The summed E-state index contributed by atoms with van der Waals surface area (Å²) < 4.78 is 0. The number of para-hydroxylation sites is 1. The van der Waals surface area contributed by atoms with Gasteiger partial charge in [0.05, 0.1) is 11.4 Å². The van der Waals surface area contributed by atoms with E-state index in [-0.39, 0.29) is 11.7 Å². The molecule has 1 atom stereocenters. The van der Waals surface area contributed by atoms with Crippen LogP contribution in [0.1, 0.15) is 24.0 Å². The van der Waals surface area contributed by atoms with Crippen molar-refractivity contribution in [2.24, 2.45) is 0 Å². The fraction of sp³-hybridized carbons (Fsp3) is 0.0556. The van der Waals surface area contributed by atoms with Crippen LogP contribution in [0.3, 0.4) is 0 Å². The minimum atomic E-state index is 0.176. The predicted octanol–water partition coefficient (Wildman–Crippen LogP) is 9.14. The molecule has 0 aliphatic rings. The van der Waals surface area contributed by atoms with Crippen molar-refractivity contribution in [2.45, 2.75) is 12.8 Å². The van der Waals surface area contributed by atoms with Crippen LogP contribution in [0, 0.1) is 0 Å². The molecule has 2 heterocycles. The molecule has 0 amide bonds. The molecular formula is C36H29N3O. The lowest BCUT2D eigenvalue weighted by atomic mass is 9.92. The van der Waals surface area contributed by atoms with Gasteiger partial charge in [0.1, 0.15) is 11.6 Å². The van der Waals surface area contributed by atoms with Crippen molar-refractivity contribution in [1.29, 1.82) is 0 Å². The molecule has 0 fully saturated rings. The van der Waals surface area contributed by atoms with E-state index < -0.39 is 0 Å². The maximum atomic E-state index is 11.0. The molecule has 1 N–H and O–H groups in total. The molecular weight excluding hydrogens is 490 g/mol. The lowest BCUT2D eigenvalue weighted by Crippen LogP contribution is -2.11. The van der Waals surface area contributed by atoms with Crippen LogP contribution >= 0.6 is 0 Å². The summed E-state index contributed by atoms with van der Waals surface area (Å²) in [5, 5.41) is 11.0. The van der Waals surface area contributed by atoms with Crippen LogP contribution in [0.15, 0.2) is 146 Å². The zero-order valence-electron chi connectivity index (χ0n) is 22.2. The van der Waals surface area contributed by atoms with Crippen molar-refractivity contribution in [3.63, 3.8) is 0 Å². The molecule has 4 heteroatoms. The lowest BCUT2D eigenvalue weighted by Gasteiger charge is -2.24. The second-order valence-corrected chi connectivity index (χ2v) is 9.73. The van der Waals surface area contributed by atoms with Gasteiger partial charge in [-0.2, -0.15) is 0 Å². The number of nitrogens with zero attached hydrogens (tertiary/aromatic N) is 3. The second kappa shape index (κ2) is 11.3. The van der Waals surface area contributed by atoms with Crippen molar-refractivity contribution in [2.75, 3.05) is 4.90 Å². The molecule has 0 bridgehead atoms. The number of aromatic hydroxyl groups is 1. The second-order valence-electron chi connectivity index (χ2n) is 9.73. The number of phenols is 1. The molecule has 6 rings (SSSR count). The molecule has 6 aromatic rings. The summed E-state index contributed by atoms with van der Waals surface area (Å²) in [5.74, 6) is 1.24. The molecule has 0 radical (unpaired) electrons. The van der Waals surface area contributed by atoms with Gasteiger partial charge in [-0.15, -0.1) is 0 Å². The van der Waals surface area contributed by atoms with Gasteiger partial charge in [0, 0.05) is 34.6 Å². The minimum absolute atomic E-state index is 0.176. The first kappa shape index (κ1) is 25.1. The maximum Gasteiger partial charge on any atom is 0.137 e. The third-order valence-corrected chi connectivity index (χ3v) is 7.14. The first-order valence-corrected chi connectivity index (χ1v) is 13.4. The summed E-state index contributed by atoms with van der Waals surface area (Å²) in [6.07, 6.45) is 1.80. The largest absolute Gasteiger partial charge is 0.507 e. The zero-order valence-corrected chi connectivity index (χ0v) is 22.2. The molecule has 0 aliphatic carbocycles. The first-order chi connectivity index (χ1) is 19.7. The molecule has 0 saturated carbocycles. The van der Waals surface area contributed by atoms with Gasteiger partial charge in [-0.1, -0.05) is 85.8 Å². The standard InChI is InChI=1S/C36H29N3O/c1-26(27-12-4-2-5-13-27)28-21-22-32(35(40)25-28)34-19-11-18-33(38-34)29-14-10-17-31(24-29)39(30-15-6-3-7-16-30)36-20-8-9-23-37-36/h2-26,40H,1H3. The Labute approximate surface area is 234 Å². The van der Waals surface area contributed by atoms with E-state index in [4.69, 9.17) is 4.98 Å². The molecule has 194 valence electrons. The number of aromatic nitrogens is 2. The Balaban J connectivity index is 1.34. The van der Waals surface area contributed by atoms with Crippen LogP contribution in [0.2, 0.25) is 0 Å². The van der Waals surface area contributed by atoms with Gasteiger partial charge in [0.25, 0.3) is 0 Å². The highest BCUT2D eigenvalue weighted by atomic mass is 16.3. The quantitative estimate of drug-likeness (QED) is 0.228. The van der Waals surface area contributed by atoms with Crippen molar-refractivity contribution in [3.05, 3.63) is 157 Å². The SMILES string of the molecule is CC(c1ccccc1)c1ccc(-c2cccc(-c3cccc(N(c4ccccc4)c4ccccn4)c3)n2)c(O)c1. The van der Waals surface area contributed by atoms with E-state index in [1.807, 2.05) is 91.0 Å². The van der Waals surface area contributed by atoms with E-state index in [1.54, 1.807) is 6.20 Å². The number of hydrogen-bond acceptors (Lipinski definition) is 4. The summed E-state index contributed by atoms with van der Waals surface area (Å²) >= 11 is 0. The van der Waals surface area contributed by atoms with Gasteiger partial charge >= 0.3 is 0 Å². The van der Waals surface area contributed by atoms with Gasteiger partial charge in [-0.25, -0.2) is 9.97 Å². The number of phenolic OH excluding ortho intramolecular Hbond substituents is 1. The third-order valence-electron chi connectivity index (χ3n) is 7.14. The first-order valence-electron chi connectivity index (χ1n) is 13.4. The summed E-state index contributed by atoms with van der Waals surface area (Å²) in [6.45, 7) is 2.15. The average molecular weight is 520 g/mol. The van der Waals surface area contributed by atoms with E-state index in [9.17, 15) is 5.11 Å². The van der Waals surface area contributed by atoms with Gasteiger partial charge in [-0.3, -0.25) is 4.90 Å². The Morgan fingerprint density at radius 2 is 1.30 bits per heavy atom. The zero-order chi connectivity index (χ0) is 27.3. The topological polar surface area (TPSA) is 49.2 Å². The van der Waals surface area contributed by atoms with Crippen LogP contribution in [0.25, 0.3) is 22.5 Å². The van der Waals surface area contributed by atoms with E-state index >= 15 is 0 Å². The van der Waals surface area contributed by atoms with Crippen LogP contribution in [0.4, 0.5) is 17.2 Å². The van der Waals surface area contributed by atoms with E-state index in [0.717, 1.165) is 39.7 Å². The van der Waals surface area contributed by atoms with Crippen LogP contribution < -0.4 is 4.90 Å². The maximum absolute atomic E-state index is 11.0. The molecule has 40 heavy (non-hydrogen) atoms. The lowest BCUT2D eigenvalue weighted by molar-refractivity contribution is 0.476. The van der Waals surface area contributed by atoms with E-state index in [0.29, 0.717) is 5.56 Å². The number of hydrogen-bond donors (Lipinski definition) is 1. The molecule has 0 saturated heterocycles. The Morgan fingerprint density at radius 3 is 2.05 bits per heavy atom. The van der Waals surface area contributed by atoms with Crippen LogP contribution in [-0.2, 0) is 0 Å². The van der Waals surface area contributed by atoms with Crippen LogP contribution in [0.5, 0.6) is 5.75 Å². The normalized spacial score (nSPS) is 11.6. The van der Waals surface area contributed by atoms with Crippen molar-refractivity contribution in [1.82, 2.24) is 9.97 Å². The monoisotopic (exact) mass is 519 g/mol. The van der Waals surface area contributed by atoms with Gasteiger partial charge in [0.15, 0.2) is 0 Å². The molecule has 1 unspecified atom stereocenters. The van der Waals surface area contributed by atoms with Gasteiger partial charge in [-0.05, 0) is 71.8 Å².